The quantitative estimate of drug-likeness (QED) is 0.705. The standard InChI is InChI=1S/C14H25NO2/c1-4-13-9-15(7-5-12(2)3)10-14(17-13)6-8-16-11-14/h5,13H,4,6-11H2,1-3H3. The topological polar surface area (TPSA) is 21.7 Å². The van der Waals surface area contributed by atoms with E-state index in [-0.39, 0.29) is 5.60 Å². The molecule has 0 aromatic heterocycles. The molecule has 2 aliphatic rings. The normalized spacial score (nSPS) is 34.2. The Hall–Kier alpha value is -0.380. The second kappa shape index (κ2) is 5.51. The highest BCUT2D eigenvalue weighted by atomic mass is 16.6. The van der Waals surface area contributed by atoms with Crippen molar-refractivity contribution in [3.63, 3.8) is 0 Å². The van der Waals surface area contributed by atoms with Gasteiger partial charge in [0.1, 0.15) is 5.60 Å². The predicted octanol–water partition coefficient (Wildman–Crippen LogP) is 2.22. The summed E-state index contributed by atoms with van der Waals surface area (Å²) in [6, 6.07) is 0. The van der Waals surface area contributed by atoms with Gasteiger partial charge in [0.2, 0.25) is 0 Å². The van der Waals surface area contributed by atoms with Gasteiger partial charge in [-0.05, 0) is 20.3 Å². The molecule has 2 aliphatic heterocycles. The minimum absolute atomic E-state index is 0.0194. The van der Waals surface area contributed by atoms with Gasteiger partial charge in [-0.25, -0.2) is 0 Å². The van der Waals surface area contributed by atoms with Crippen LogP contribution in [0.3, 0.4) is 0 Å². The molecule has 2 heterocycles. The summed E-state index contributed by atoms with van der Waals surface area (Å²) in [5.74, 6) is 0. The van der Waals surface area contributed by atoms with Crippen LogP contribution in [0.15, 0.2) is 11.6 Å². The zero-order valence-corrected chi connectivity index (χ0v) is 11.4. The lowest BCUT2D eigenvalue weighted by molar-refractivity contribution is -0.152. The van der Waals surface area contributed by atoms with Crippen molar-refractivity contribution in [1.29, 1.82) is 0 Å². The molecule has 0 radical (unpaired) electrons. The fourth-order valence-corrected chi connectivity index (χ4v) is 2.66. The smallest absolute Gasteiger partial charge is 0.107 e. The number of morpholine rings is 1. The summed E-state index contributed by atoms with van der Waals surface area (Å²) in [6.45, 7) is 11.3. The Morgan fingerprint density at radius 2 is 2.29 bits per heavy atom. The Bertz CT molecular complexity index is 278. The number of ether oxygens (including phenoxy) is 2. The van der Waals surface area contributed by atoms with Crippen LogP contribution >= 0.6 is 0 Å². The van der Waals surface area contributed by atoms with E-state index in [0.717, 1.165) is 45.7 Å². The van der Waals surface area contributed by atoms with Gasteiger partial charge in [0.15, 0.2) is 0 Å². The van der Waals surface area contributed by atoms with Crippen molar-refractivity contribution in [2.24, 2.45) is 0 Å². The van der Waals surface area contributed by atoms with Crippen molar-refractivity contribution in [3.8, 4) is 0 Å². The third-order valence-corrected chi connectivity index (χ3v) is 3.67. The molecular weight excluding hydrogens is 214 g/mol. The maximum absolute atomic E-state index is 6.23. The summed E-state index contributed by atoms with van der Waals surface area (Å²) < 4.78 is 11.8. The van der Waals surface area contributed by atoms with Gasteiger partial charge in [0.25, 0.3) is 0 Å². The van der Waals surface area contributed by atoms with E-state index in [4.69, 9.17) is 9.47 Å². The van der Waals surface area contributed by atoms with Crippen LogP contribution in [-0.2, 0) is 9.47 Å². The molecule has 0 amide bonds. The molecule has 0 aliphatic carbocycles. The van der Waals surface area contributed by atoms with E-state index in [1.807, 2.05) is 0 Å². The fraction of sp³-hybridized carbons (Fsp3) is 0.857. The molecule has 2 fully saturated rings. The van der Waals surface area contributed by atoms with Crippen LogP contribution in [0.1, 0.15) is 33.6 Å². The Kier molecular flexibility index (Phi) is 4.23. The molecule has 0 saturated carbocycles. The number of allylic oxidation sites excluding steroid dienone is 1. The largest absolute Gasteiger partial charge is 0.378 e. The summed E-state index contributed by atoms with van der Waals surface area (Å²) >= 11 is 0. The second-order valence-corrected chi connectivity index (χ2v) is 5.61. The van der Waals surface area contributed by atoms with Crippen LogP contribution in [0, 0.1) is 0 Å². The molecule has 2 unspecified atom stereocenters. The minimum Gasteiger partial charge on any atom is -0.378 e. The van der Waals surface area contributed by atoms with Crippen molar-refractivity contribution in [1.82, 2.24) is 4.90 Å². The minimum atomic E-state index is -0.0194. The lowest BCUT2D eigenvalue weighted by atomic mass is 9.98. The maximum atomic E-state index is 6.23. The Labute approximate surface area is 105 Å². The third-order valence-electron chi connectivity index (χ3n) is 3.67. The first-order valence-corrected chi connectivity index (χ1v) is 6.75. The summed E-state index contributed by atoms with van der Waals surface area (Å²) in [5.41, 5.74) is 1.37. The number of rotatable bonds is 3. The molecule has 2 rings (SSSR count). The Morgan fingerprint density at radius 1 is 1.47 bits per heavy atom. The van der Waals surface area contributed by atoms with Gasteiger partial charge >= 0.3 is 0 Å². The van der Waals surface area contributed by atoms with E-state index < -0.39 is 0 Å². The average molecular weight is 239 g/mol. The summed E-state index contributed by atoms with van der Waals surface area (Å²) in [4.78, 5) is 2.51. The lowest BCUT2D eigenvalue weighted by Crippen LogP contribution is -2.55. The molecule has 2 atom stereocenters. The SMILES string of the molecule is CCC1CN(CC=C(C)C)CC2(CCOC2)O1. The van der Waals surface area contributed by atoms with Gasteiger partial charge in [-0.3, -0.25) is 4.90 Å². The fourth-order valence-electron chi connectivity index (χ4n) is 2.66. The van der Waals surface area contributed by atoms with Gasteiger partial charge < -0.3 is 9.47 Å². The summed E-state index contributed by atoms with van der Waals surface area (Å²) in [5, 5.41) is 0. The van der Waals surface area contributed by atoms with E-state index >= 15 is 0 Å². The third kappa shape index (κ3) is 3.30. The predicted molar refractivity (Wildman–Crippen MR) is 69.2 cm³/mol. The maximum Gasteiger partial charge on any atom is 0.107 e. The first-order valence-electron chi connectivity index (χ1n) is 6.75. The van der Waals surface area contributed by atoms with Crippen LogP contribution in [0.4, 0.5) is 0 Å². The number of hydrogen-bond donors (Lipinski definition) is 0. The molecular formula is C14H25NO2. The van der Waals surface area contributed by atoms with Crippen LogP contribution < -0.4 is 0 Å². The molecule has 2 saturated heterocycles. The van der Waals surface area contributed by atoms with E-state index in [1.54, 1.807) is 0 Å². The van der Waals surface area contributed by atoms with E-state index in [1.165, 1.54) is 5.57 Å². The molecule has 0 aromatic carbocycles. The monoisotopic (exact) mass is 239 g/mol. The highest BCUT2D eigenvalue weighted by molar-refractivity contribution is 4.99. The van der Waals surface area contributed by atoms with E-state index in [9.17, 15) is 0 Å². The molecule has 3 heteroatoms. The summed E-state index contributed by atoms with van der Waals surface area (Å²) in [7, 11) is 0. The molecule has 1 spiro atoms. The van der Waals surface area contributed by atoms with Crippen molar-refractivity contribution in [2.45, 2.75) is 45.3 Å². The van der Waals surface area contributed by atoms with Gasteiger partial charge in [-0.15, -0.1) is 0 Å². The van der Waals surface area contributed by atoms with Gasteiger partial charge in [-0.2, -0.15) is 0 Å². The van der Waals surface area contributed by atoms with Gasteiger partial charge in [0, 0.05) is 32.7 Å². The zero-order chi connectivity index (χ0) is 12.3. The van der Waals surface area contributed by atoms with Crippen molar-refractivity contribution in [3.05, 3.63) is 11.6 Å². The molecule has 17 heavy (non-hydrogen) atoms. The zero-order valence-electron chi connectivity index (χ0n) is 11.4. The Balaban J connectivity index is 1.99. The van der Waals surface area contributed by atoms with Crippen LogP contribution in [0.2, 0.25) is 0 Å². The first-order chi connectivity index (χ1) is 8.13. The molecule has 98 valence electrons. The van der Waals surface area contributed by atoms with Crippen LogP contribution in [-0.4, -0.2) is 49.5 Å². The Morgan fingerprint density at radius 3 is 2.88 bits per heavy atom. The molecule has 0 N–H and O–H groups in total. The van der Waals surface area contributed by atoms with Gasteiger partial charge in [-0.1, -0.05) is 18.6 Å². The average Bonchev–Trinajstić information content (AvgIpc) is 2.73. The van der Waals surface area contributed by atoms with Crippen molar-refractivity contribution in [2.75, 3.05) is 32.8 Å². The highest BCUT2D eigenvalue weighted by Crippen LogP contribution is 2.30. The van der Waals surface area contributed by atoms with Crippen molar-refractivity contribution < 1.29 is 9.47 Å². The highest BCUT2D eigenvalue weighted by Gasteiger charge is 2.42. The number of nitrogens with zero attached hydrogens (tertiary/aromatic N) is 1. The lowest BCUT2D eigenvalue weighted by Gasteiger charge is -2.43. The molecule has 0 bridgehead atoms. The molecule has 0 aromatic rings. The first kappa shape index (κ1) is 13.1. The van der Waals surface area contributed by atoms with E-state index in [2.05, 4.69) is 31.7 Å². The number of hydrogen-bond acceptors (Lipinski definition) is 3. The summed E-state index contributed by atoms with van der Waals surface area (Å²) in [6.07, 6.45) is 4.82. The second-order valence-electron chi connectivity index (χ2n) is 5.61. The van der Waals surface area contributed by atoms with Crippen molar-refractivity contribution >= 4 is 0 Å². The van der Waals surface area contributed by atoms with Crippen LogP contribution in [0.5, 0.6) is 0 Å². The molecule has 3 nitrogen and oxygen atoms in total. The van der Waals surface area contributed by atoms with Gasteiger partial charge in [0.05, 0.1) is 12.7 Å². The van der Waals surface area contributed by atoms with E-state index in [0.29, 0.717) is 6.10 Å². The van der Waals surface area contributed by atoms with Crippen LogP contribution in [0.25, 0.3) is 0 Å².